The van der Waals surface area contributed by atoms with Crippen molar-refractivity contribution in [3.05, 3.63) is 75.8 Å². The van der Waals surface area contributed by atoms with Crippen LogP contribution in [0.1, 0.15) is 26.3 Å². The maximum absolute atomic E-state index is 12.6. The van der Waals surface area contributed by atoms with Gasteiger partial charge in [0.15, 0.2) is 11.2 Å². The monoisotopic (exact) mass is 361 g/mol. The predicted molar refractivity (Wildman–Crippen MR) is 94.6 cm³/mol. The van der Waals surface area contributed by atoms with Gasteiger partial charge in [-0.2, -0.15) is 0 Å². The smallest absolute Gasteiger partial charge is 0.336 e. The second-order valence-electron chi connectivity index (χ2n) is 6.28. The molecular weight excluding hydrogens is 350 g/mol. The zero-order valence-electron chi connectivity index (χ0n) is 13.8. The van der Waals surface area contributed by atoms with E-state index in [0.29, 0.717) is 27.5 Å². The fourth-order valence-electron chi connectivity index (χ4n) is 3.40. The number of nitrogens with zero attached hydrogens (tertiary/aromatic N) is 1. The van der Waals surface area contributed by atoms with Gasteiger partial charge in [0.25, 0.3) is 11.8 Å². The lowest BCUT2D eigenvalue weighted by molar-refractivity contribution is 0.0642. The number of furan rings is 1. The highest BCUT2D eigenvalue weighted by Crippen LogP contribution is 2.37. The number of hydrogen-bond acceptors (Lipinski definition) is 6. The average molecular weight is 361 g/mol. The maximum atomic E-state index is 12.6. The third kappa shape index (κ3) is 2.11. The van der Waals surface area contributed by atoms with Crippen molar-refractivity contribution >= 4 is 33.8 Å². The molecule has 0 atom stereocenters. The van der Waals surface area contributed by atoms with Gasteiger partial charge >= 0.3 is 5.63 Å². The molecule has 0 aliphatic carbocycles. The van der Waals surface area contributed by atoms with Crippen LogP contribution in [0.4, 0.5) is 0 Å². The minimum atomic E-state index is -0.588. The molecule has 5 rings (SSSR count). The molecule has 0 fully saturated rings. The summed E-state index contributed by atoms with van der Waals surface area (Å²) >= 11 is 0. The van der Waals surface area contributed by atoms with Crippen molar-refractivity contribution in [1.82, 2.24) is 4.90 Å². The highest BCUT2D eigenvalue weighted by Gasteiger charge is 2.35. The highest BCUT2D eigenvalue weighted by molar-refractivity contribution is 6.21. The molecule has 2 amide bonds. The molecule has 2 aromatic carbocycles. The summed E-state index contributed by atoms with van der Waals surface area (Å²) in [6, 6.07) is 11.1. The first kappa shape index (κ1) is 15.4. The molecule has 7 heteroatoms. The lowest BCUT2D eigenvalue weighted by Gasteiger charge is -2.12. The number of amides is 2. The summed E-state index contributed by atoms with van der Waals surface area (Å²) in [7, 11) is 0. The number of fused-ring (bicyclic) bond motifs is 3. The van der Waals surface area contributed by atoms with E-state index in [1.54, 1.807) is 30.3 Å². The Morgan fingerprint density at radius 1 is 0.926 bits per heavy atom. The Kier molecular flexibility index (Phi) is 3.03. The molecule has 132 valence electrons. The summed E-state index contributed by atoms with van der Waals surface area (Å²) in [5, 5.41) is 11.4. The molecular formula is C20H11NO6. The first-order chi connectivity index (χ1) is 13.0. The van der Waals surface area contributed by atoms with Crippen molar-refractivity contribution < 1.29 is 23.5 Å². The van der Waals surface area contributed by atoms with Gasteiger partial charge in [-0.15, -0.1) is 0 Å². The molecule has 3 heterocycles. The predicted octanol–water partition coefficient (Wildman–Crippen LogP) is 3.04. The summed E-state index contributed by atoms with van der Waals surface area (Å²) in [5.41, 5.74) is 0.855. The van der Waals surface area contributed by atoms with E-state index in [4.69, 9.17) is 8.83 Å². The number of phenols is 1. The fourth-order valence-corrected chi connectivity index (χ4v) is 3.40. The van der Waals surface area contributed by atoms with E-state index in [2.05, 4.69) is 0 Å². The number of aromatic hydroxyl groups is 1. The zero-order valence-corrected chi connectivity index (χ0v) is 13.8. The van der Waals surface area contributed by atoms with Gasteiger partial charge in [-0.1, -0.05) is 12.1 Å². The molecule has 0 radical (unpaired) electrons. The van der Waals surface area contributed by atoms with E-state index in [9.17, 15) is 19.5 Å². The Bertz CT molecular complexity index is 1290. The number of imide groups is 1. The fraction of sp³-hybridized carbons (Fsp3) is 0.0500. The summed E-state index contributed by atoms with van der Waals surface area (Å²) < 4.78 is 10.5. The van der Waals surface area contributed by atoms with Crippen LogP contribution in [0, 0.1) is 0 Å². The van der Waals surface area contributed by atoms with E-state index >= 15 is 0 Å². The normalized spacial score (nSPS) is 13.7. The van der Waals surface area contributed by atoms with Gasteiger partial charge in [0.2, 0.25) is 5.75 Å². The number of carbonyl (C=O) groups is 2. The average Bonchev–Trinajstić information content (AvgIpc) is 3.18. The summed E-state index contributed by atoms with van der Waals surface area (Å²) in [4.78, 5) is 37.7. The van der Waals surface area contributed by atoms with Crippen molar-refractivity contribution in [3.63, 3.8) is 0 Å². The van der Waals surface area contributed by atoms with Gasteiger partial charge in [-0.25, -0.2) is 4.79 Å². The molecule has 4 aromatic rings. The third-order valence-electron chi connectivity index (χ3n) is 4.71. The topological polar surface area (TPSA) is 101 Å². The molecule has 1 aliphatic rings. The second kappa shape index (κ2) is 5.31. The second-order valence-corrected chi connectivity index (χ2v) is 6.28. The molecule has 0 spiro atoms. The van der Waals surface area contributed by atoms with Crippen molar-refractivity contribution in [3.8, 4) is 5.75 Å². The molecule has 0 saturated carbocycles. The number of phenolic OH excluding ortho intramolecular Hbond substituents is 1. The quantitative estimate of drug-likeness (QED) is 0.435. The van der Waals surface area contributed by atoms with Crippen molar-refractivity contribution in [2.45, 2.75) is 6.54 Å². The van der Waals surface area contributed by atoms with Crippen LogP contribution in [0.25, 0.3) is 21.9 Å². The Labute approximate surface area is 151 Å². The molecule has 0 bridgehead atoms. The lowest BCUT2D eigenvalue weighted by atomic mass is 10.1. The number of rotatable bonds is 2. The largest absolute Gasteiger partial charge is 0.502 e. The Balaban J connectivity index is 1.62. The number of hydrogen-bond donors (Lipinski definition) is 1. The molecule has 0 unspecified atom stereocenters. The maximum Gasteiger partial charge on any atom is 0.336 e. The van der Waals surface area contributed by atoms with Gasteiger partial charge in [-0.05, 0) is 24.3 Å². The van der Waals surface area contributed by atoms with Crippen molar-refractivity contribution in [1.29, 1.82) is 0 Å². The zero-order chi connectivity index (χ0) is 18.7. The first-order valence-electron chi connectivity index (χ1n) is 8.16. The standard InChI is InChI=1S/C20H11NO6/c22-15-6-5-10-7-14-11(9-26-18(14)16(23)17(10)27-15)8-21-19(24)12-3-1-2-4-13(12)20(21)25/h1-7,9,23H,8H2. The summed E-state index contributed by atoms with van der Waals surface area (Å²) in [6.45, 7) is 0.00107. The van der Waals surface area contributed by atoms with E-state index in [-0.39, 0.29) is 35.3 Å². The minimum absolute atomic E-state index is 0.00107. The van der Waals surface area contributed by atoms with Gasteiger partial charge < -0.3 is 13.9 Å². The summed E-state index contributed by atoms with van der Waals surface area (Å²) in [6.07, 6.45) is 1.38. The van der Waals surface area contributed by atoms with Gasteiger partial charge in [0.1, 0.15) is 0 Å². The molecule has 2 aromatic heterocycles. The van der Waals surface area contributed by atoms with Crippen LogP contribution in [0.15, 0.2) is 62.4 Å². The van der Waals surface area contributed by atoms with E-state index in [0.717, 1.165) is 4.90 Å². The van der Waals surface area contributed by atoms with E-state index in [1.807, 2.05) is 0 Å². The molecule has 7 nitrogen and oxygen atoms in total. The van der Waals surface area contributed by atoms with Crippen LogP contribution in [0.3, 0.4) is 0 Å². The molecule has 0 saturated heterocycles. The van der Waals surface area contributed by atoms with Gasteiger partial charge in [0, 0.05) is 22.4 Å². The van der Waals surface area contributed by atoms with Crippen LogP contribution in [-0.2, 0) is 6.54 Å². The van der Waals surface area contributed by atoms with Gasteiger partial charge in [-0.3, -0.25) is 14.5 Å². The molecule has 1 aliphatic heterocycles. The van der Waals surface area contributed by atoms with Crippen LogP contribution in [0.2, 0.25) is 0 Å². The first-order valence-corrected chi connectivity index (χ1v) is 8.16. The van der Waals surface area contributed by atoms with Gasteiger partial charge in [0.05, 0.1) is 23.9 Å². The minimum Gasteiger partial charge on any atom is -0.502 e. The third-order valence-corrected chi connectivity index (χ3v) is 4.71. The Hall–Kier alpha value is -3.87. The van der Waals surface area contributed by atoms with E-state index in [1.165, 1.54) is 18.4 Å². The lowest BCUT2D eigenvalue weighted by Crippen LogP contribution is -2.28. The number of benzene rings is 2. The molecule has 27 heavy (non-hydrogen) atoms. The Morgan fingerprint density at radius 2 is 1.63 bits per heavy atom. The number of carbonyl (C=O) groups excluding carboxylic acids is 2. The van der Waals surface area contributed by atoms with Crippen LogP contribution in [-0.4, -0.2) is 21.8 Å². The summed E-state index contributed by atoms with van der Waals surface area (Å²) in [5.74, 6) is -1.05. The van der Waals surface area contributed by atoms with E-state index < -0.39 is 5.63 Å². The highest BCUT2D eigenvalue weighted by atomic mass is 16.4. The van der Waals surface area contributed by atoms with Crippen LogP contribution < -0.4 is 5.63 Å². The van der Waals surface area contributed by atoms with Crippen molar-refractivity contribution in [2.24, 2.45) is 0 Å². The van der Waals surface area contributed by atoms with Crippen molar-refractivity contribution in [2.75, 3.05) is 0 Å². The van der Waals surface area contributed by atoms with Crippen LogP contribution in [0.5, 0.6) is 5.75 Å². The van der Waals surface area contributed by atoms with Crippen LogP contribution >= 0.6 is 0 Å². The SMILES string of the molecule is O=C1c2ccccc2C(=O)N1Cc1coc2c(O)c3oc(=O)ccc3cc12. The Morgan fingerprint density at radius 3 is 2.33 bits per heavy atom. The molecule has 1 N–H and O–H groups in total.